The average Bonchev–Trinajstić information content (AvgIpc) is 2.34. The molecule has 1 N–H and O–H groups in total. The summed E-state index contributed by atoms with van der Waals surface area (Å²) in [6, 6.07) is -1.38. The number of hydrogen-bond acceptors (Lipinski definition) is 4. The van der Waals surface area contributed by atoms with Crippen molar-refractivity contribution in [3.63, 3.8) is 0 Å². The molecule has 0 radical (unpaired) electrons. The van der Waals surface area contributed by atoms with Crippen molar-refractivity contribution in [1.82, 2.24) is 4.72 Å². The topological polar surface area (TPSA) is 78.2 Å². The lowest BCUT2D eigenvalue weighted by Crippen LogP contribution is -2.41. The summed E-state index contributed by atoms with van der Waals surface area (Å²) >= 11 is -1.78. The first kappa shape index (κ1) is 18.7. The van der Waals surface area contributed by atoms with Crippen LogP contribution in [0.4, 0.5) is 23.2 Å². The van der Waals surface area contributed by atoms with Crippen molar-refractivity contribution in [2.45, 2.75) is 38.5 Å². The number of nitro groups is 1. The molecule has 1 aromatic rings. The number of benzene rings is 1. The van der Waals surface area contributed by atoms with Crippen LogP contribution in [-0.4, -0.2) is 14.2 Å². The summed E-state index contributed by atoms with van der Waals surface area (Å²) in [6.07, 6.45) is 0. The normalized spacial score (nSPS) is 14.8. The Hall–Kier alpha value is -1.39. The number of rotatable bonds is 4. The third kappa shape index (κ3) is 3.50. The second kappa shape index (κ2) is 6.39. The van der Waals surface area contributed by atoms with Gasteiger partial charge in [-0.05, 0) is 27.7 Å². The van der Waals surface area contributed by atoms with Gasteiger partial charge in [-0.1, -0.05) is 0 Å². The molecule has 22 heavy (non-hydrogen) atoms. The standard InChI is InChI=1S/C12H14F4N2O3S/c1-5(17-22(21)12(2,3)4)6-7(13)9(15)10(16)11(8(6)14)18(19)20/h5,17H,1-4H3/t5-,22-/m1/s1. The Morgan fingerprint density at radius 2 is 1.59 bits per heavy atom. The Kier molecular flexibility index (Phi) is 5.42. The maximum absolute atomic E-state index is 14.0. The van der Waals surface area contributed by atoms with Gasteiger partial charge in [0.1, 0.15) is 4.75 Å². The molecule has 0 unspecified atom stereocenters. The molecule has 0 amide bonds. The average molecular weight is 342 g/mol. The van der Waals surface area contributed by atoms with Crippen LogP contribution >= 0.6 is 0 Å². The zero-order valence-electron chi connectivity index (χ0n) is 12.2. The Bertz CT molecular complexity index is 607. The van der Waals surface area contributed by atoms with Crippen LogP contribution in [0.15, 0.2) is 0 Å². The number of halogens is 4. The first-order chi connectivity index (χ1) is 9.89. The molecule has 0 fully saturated rings. The van der Waals surface area contributed by atoms with Gasteiger partial charge in [-0.15, -0.1) is 4.72 Å². The Balaban J connectivity index is 3.39. The van der Waals surface area contributed by atoms with Crippen LogP contribution in [0.5, 0.6) is 0 Å². The number of nitrogens with one attached hydrogen (secondary N) is 1. The molecule has 0 saturated carbocycles. The van der Waals surface area contributed by atoms with Crippen molar-refractivity contribution in [2.75, 3.05) is 0 Å². The lowest BCUT2D eigenvalue weighted by molar-refractivity contribution is -0.390. The second-order valence-corrected chi connectivity index (χ2v) is 7.49. The highest BCUT2D eigenvalue weighted by Gasteiger charge is 2.37. The predicted octanol–water partition coefficient (Wildman–Crippen LogP) is 3.26. The Labute approximate surface area is 127 Å². The lowest BCUT2D eigenvalue weighted by atomic mass is 10.1. The number of nitrogens with zero attached hydrogens (tertiary/aromatic N) is 1. The van der Waals surface area contributed by atoms with Crippen LogP contribution in [0.3, 0.4) is 0 Å². The van der Waals surface area contributed by atoms with Gasteiger partial charge in [0.15, 0.2) is 5.82 Å². The summed E-state index contributed by atoms with van der Waals surface area (Å²) in [5, 5.41) is 10.6. The van der Waals surface area contributed by atoms with E-state index >= 15 is 0 Å². The van der Waals surface area contributed by atoms with Crippen LogP contribution in [-0.2, 0) is 11.4 Å². The fourth-order valence-corrected chi connectivity index (χ4v) is 2.37. The van der Waals surface area contributed by atoms with E-state index in [0.29, 0.717) is 0 Å². The van der Waals surface area contributed by atoms with Crippen molar-refractivity contribution in [1.29, 1.82) is 0 Å². The molecule has 0 heterocycles. The lowest BCUT2D eigenvalue weighted by Gasteiger charge is -2.26. The summed E-state index contributed by atoms with van der Waals surface area (Å²) in [6.45, 7) is 5.85. The molecule has 0 saturated heterocycles. The van der Waals surface area contributed by atoms with Crippen molar-refractivity contribution in [3.8, 4) is 0 Å². The zero-order chi connectivity index (χ0) is 17.4. The minimum atomic E-state index is -2.21. The Morgan fingerprint density at radius 3 is 2.00 bits per heavy atom. The van der Waals surface area contributed by atoms with Gasteiger partial charge in [0, 0.05) is 11.4 Å². The summed E-state index contributed by atoms with van der Waals surface area (Å²) in [5.74, 6) is -8.11. The molecule has 0 spiro atoms. The molecule has 1 rings (SSSR count). The molecule has 0 bridgehead atoms. The van der Waals surface area contributed by atoms with E-state index in [9.17, 15) is 32.2 Å². The van der Waals surface area contributed by atoms with Crippen molar-refractivity contribution in [2.24, 2.45) is 0 Å². The van der Waals surface area contributed by atoms with Crippen LogP contribution < -0.4 is 4.72 Å². The van der Waals surface area contributed by atoms with E-state index in [-0.39, 0.29) is 0 Å². The zero-order valence-corrected chi connectivity index (χ0v) is 13.0. The van der Waals surface area contributed by atoms with Gasteiger partial charge in [0.05, 0.1) is 16.5 Å². The van der Waals surface area contributed by atoms with Gasteiger partial charge in [0.25, 0.3) is 0 Å². The summed E-state index contributed by atoms with van der Waals surface area (Å²) in [4.78, 5) is 9.14. The van der Waals surface area contributed by atoms with Gasteiger partial charge >= 0.3 is 5.69 Å². The smallest absolute Gasteiger partial charge is 0.343 e. The predicted molar refractivity (Wildman–Crippen MR) is 72.4 cm³/mol. The molecular formula is C12H14F4N2O3S. The third-order valence-corrected chi connectivity index (χ3v) is 4.41. The van der Waals surface area contributed by atoms with Crippen LogP contribution in [0.25, 0.3) is 0 Å². The Morgan fingerprint density at radius 1 is 1.09 bits per heavy atom. The van der Waals surface area contributed by atoms with Gasteiger partial charge in [-0.25, -0.2) is 8.78 Å². The van der Waals surface area contributed by atoms with E-state index in [1.165, 1.54) is 0 Å². The first-order valence-corrected chi connectivity index (χ1v) is 7.22. The molecule has 0 aliphatic rings. The monoisotopic (exact) mass is 342 g/mol. The van der Waals surface area contributed by atoms with Gasteiger partial charge in [-0.2, -0.15) is 8.78 Å². The number of nitro benzene ring substituents is 1. The van der Waals surface area contributed by atoms with E-state index < -0.39 is 61.6 Å². The summed E-state index contributed by atoms with van der Waals surface area (Å²) in [5.41, 5.74) is -2.87. The largest absolute Gasteiger partial charge is 0.598 e. The van der Waals surface area contributed by atoms with Crippen LogP contribution in [0.2, 0.25) is 0 Å². The van der Waals surface area contributed by atoms with E-state index in [1.807, 2.05) is 0 Å². The molecule has 0 aromatic heterocycles. The minimum Gasteiger partial charge on any atom is -0.598 e. The van der Waals surface area contributed by atoms with E-state index in [0.717, 1.165) is 6.92 Å². The molecule has 124 valence electrons. The molecule has 0 aliphatic carbocycles. The van der Waals surface area contributed by atoms with Crippen LogP contribution in [0, 0.1) is 33.4 Å². The summed E-state index contributed by atoms with van der Waals surface area (Å²) in [7, 11) is 0. The minimum absolute atomic E-state index is 0.800. The van der Waals surface area contributed by atoms with E-state index in [2.05, 4.69) is 4.72 Å². The molecule has 10 heteroatoms. The molecule has 2 atom stereocenters. The SMILES string of the molecule is C[C@@H](N[S@+]([O-])C(C)(C)C)c1c(F)c(F)c(F)c([N+](=O)[O-])c1F. The van der Waals surface area contributed by atoms with Gasteiger partial charge < -0.3 is 4.55 Å². The highest BCUT2D eigenvalue weighted by molar-refractivity contribution is 7.90. The molecule has 1 aromatic carbocycles. The summed E-state index contributed by atoms with van der Waals surface area (Å²) < 4.78 is 67.8. The highest BCUT2D eigenvalue weighted by Crippen LogP contribution is 2.33. The quantitative estimate of drug-likeness (QED) is 0.227. The molecule has 5 nitrogen and oxygen atoms in total. The van der Waals surface area contributed by atoms with Crippen molar-refractivity contribution < 1.29 is 27.0 Å². The first-order valence-electron chi connectivity index (χ1n) is 6.07. The van der Waals surface area contributed by atoms with Crippen molar-refractivity contribution >= 4 is 17.0 Å². The molecular weight excluding hydrogens is 328 g/mol. The second-order valence-electron chi connectivity index (χ2n) is 5.50. The van der Waals surface area contributed by atoms with Gasteiger partial charge in [0.2, 0.25) is 17.5 Å². The fraction of sp³-hybridized carbons (Fsp3) is 0.500. The third-order valence-electron chi connectivity index (χ3n) is 2.73. The fourth-order valence-electron chi connectivity index (χ4n) is 1.58. The van der Waals surface area contributed by atoms with E-state index in [1.54, 1.807) is 20.8 Å². The van der Waals surface area contributed by atoms with Gasteiger partial charge in [-0.3, -0.25) is 10.1 Å². The maximum atomic E-state index is 14.0. The van der Waals surface area contributed by atoms with E-state index in [4.69, 9.17) is 0 Å². The van der Waals surface area contributed by atoms with Crippen LogP contribution in [0.1, 0.15) is 39.3 Å². The highest BCUT2D eigenvalue weighted by atomic mass is 32.2. The molecule has 0 aliphatic heterocycles. The number of hydrogen-bond donors (Lipinski definition) is 1. The van der Waals surface area contributed by atoms with Crippen molar-refractivity contribution in [3.05, 3.63) is 38.9 Å². The maximum Gasteiger partial charge on any atom is 0.343 e.